The van der Waals surface area contributed by atoms with Crippen LogP contribution >= 0.6 is 23.2 Å². The van der Waals surface area contributed by atoms with Crippen LogP contribution in [-0.4, -0.2) is 21.6 Å². The summed E-state index contributed by atoms with van der Waals surface area (Å²) < 4.78 is 1.62. The van der Waals surface area contributed by atoms with Crippen LogP contribution < -0.4 is 5.32 Å². The Bertz CT molecular complexity index is 609. The smallest absolute Gasteiger partial charge is 0.231 e. The number of para-hydroxylation sites is 1. The summed E-state index contributed by atoms with van der Waals surface area (Å²) in [5.74, 6) is 0.0689. The molecule has 4 nitrogen and oxygen atoms in total. The first-order valence-electron chi connectivity index (χ1n) is 6.11. The Morgan fingerprint density at radius 1 is 1.40 bits per heavy atom. The average Bonchev–Trinajstić information content (AvgIpc) is 2.92. The van der Waals surface area contributed by atoms with E-state index in [1.54, 1.807) is 55.2 Å². The summed E-state index contributed by atoms with van der Waals surface area (Å²) in [6, 6.07) is 7.10. The fourth-order valence-corrected chi connectivity index (χ4v) is 1.98. The van der Waals surface area contributed by atoms with E-state index in [1.807, 2.05) is 0 Å². The van der Waals surface area contributed by atoms with Gasteiger partial charge in [-0.25, -0.2) is 4.68 Å². The second-order valence-corrected chi connectivity index (χ2v) is 5.73. The maximum atomic E-state index is 12.2. The van der Waals surface area contributed by atoms with Crippen LogP contribution in [0.2, 0.25) is 5.02 Å². The highest BCUT2D eigenvalue weighted by atomic mass is 35.5. The van der Waals surface area contributed by atoms with Gasteiger partial charge in [0, 0.05) is 18.3 Å². The molecule has 2 aromatic rings. The van der Waals surface area contributed by atoms with E-state index >= 15 is 0 Å². The van der Waals surface area contributed by atoms with Gasteiger partial charge in [0.25, 0.3) is 0 Å². The van der Waals surface area contributed by atoms with Gasteiger partial charge in [-0.2, -0.15) is 5.10 Å². The SMILES string of the molecule is CC(C)(CCl)C(=O)Nc1cccc(Cl)c1-n1cccn1. The van der Waals surface area contributed by atoms with Gasteiger partial charge >= 0.3 is 0 Å². The van der Waals surface area contributed by atoms with Gasteiger partial charge in [-0.15, -0.1) is 11.6 Å². The van der Waals surface area contributed by atoms with Crippen LogP contribution in [0.5, 0.6) is 0 Å². The molecule has 0 fully saturated rings. The van der Waals surface area contributed by atoms with Crippen LogP contribution in [0, 0.1) is 5.41 Å². The average molecular weight is 312 g/mol. The molecule has 0 aliphatic carbocycles. The van der Waals surface area contributed by atoms with E-state index < -0.39 is 5.41 Å². The number of halogens is 2. The molecule has 0 aliphatic rings. The third kappa shape index (κ3) is 2.97. The van der Waals surface area contributed by atoms with Gasteiger partial charge in [0.1, 0.15) is 5.69 Å². The van der Waals surface area contributed by atoms with E-state index in [0.29, 0.717) is 16.4 Å². The lowest BCUT2D eigenvalue weighted by Gasteiger charge is -2.21. The van der Waals surface area contributed by atoms with Crippen molar-refractivity contribution in [1.82, 2.24) is 9.78 Å². The minimum absolute atomic E-state index is 0.164. The van der Waals surface area contributed by atoms with Gasteiger partial charge in [0.2, 0.25) is 5.91 Å². The highest BCUT2D eigenvalue weighted by Crippen LogP contribution is 2.29. The first-order chi connectivity index (χ1) is 9.45. The predicted molar refractivity (Wildman–Crippen MR) is 81.7 cm³/mol. The minimum atomic E-state index is -0.661. The molecule has 1 amide bonds. The first-order valence-corrected chi connectivity index (χ1v) is 7.03. The number of hydrogen-bond donors (Lipinski definition) is 1. The first kappa shape index (κ1) is 14.9. The molecule has 1 aromatic carbocycles. The molecule has 1 N–H and O–H groups in total. The Kier molecular flexibility index (Phi) is 4.35. The van der Waals surface area contributed by atoms with Crippen LogP contribution in [0.15, 0.2) is 36.7 Å². The predicted octanol–water partition coefficient (Wildman–Crippen LogP) is 3.73. The zero-order chi connectivity index (χ0) is 14.8. The number of nitrogens with zero attached hydrogens (tertiary/aromatic N) is 2. The summed E-state index contributed by atoms with van der Waals surface area (Å²) in [5, 5.41) is 7.52. The summed E-state index contributed by atoms with van der Waals surface area (Å²) in [7, 11) is 0. The second kappa shape index (κ2) is 5.85. The molecule has 20 heavy (non-hydrogen) atoms. The highest BCUT2D eigenvalue weighted by Gasteiger charge is 2.27. The zero-order valence-electron chi connectivity index (χ0n) is 11.2. The van der Waals surface area contributed by atoms with E-state index in [1.165, 1.54) is 0 Å². The van der Waals surface area contributed by atoms with Gasteiger partial charge in [-0.1, -0.05) is 17.7 Å². The number of aromatic nitrogens is 2. The molecule has 0 unspecified atom stereocenters. The largest absolute Gasteiger partial charge is 0.324 e. The molecule has 6 heteroatoms. The van der Waals surface area contributed by atoms with Gasteiger partial charge in [0.15, 0.2) is 0 Å². The third-order valence-corrected chi connectivity index (χ3v) is 3.89. The van der Waals surface area contributed by atoms with Crippen molar-refractivity contribution in [3.63, 3.8) is 0 Å². The number of carbonyl (C=O) groups is 1. The van der Waals surface area contributed by atoms with Crippen molar-refractivity contribution in [3.05, 3.63) is 41.7 Å². The van der Waals surface area contributed by atoms with Gasteiger partial charge in [-0.05, 0) is 32.0 Å². The summed E-state index contributed by atoms with van der Waals surface area (Å²) in [4.78, 5) is 12.2. The van der Waals surface area contributed by atoms with Crippen LogP contribution in [-0.2, 0) is 4.79 Å². The lowest BCUT2D eigenvalue weighted by molar-refractivity contribution is -0.122. The number of anilines is 1. The summed E-state index contributed by atoms with van der Waals surface area (Å²) in [6.45, 7) is 3.57. The maximum absolute atomic E-state index is 12.2. The molecule has 0 bridgehead atoms. The van der Waals surface area contributed by atoms with Gasteiger partial charge in [-0.3, -0.25) is 4.79 Å². The number of nitrogens with one attached hydrogen (secondary N) is 1. The number of rotatable bonds is 4. The second-order valence-electron chi connectivity index (χ2n) is 5.06. The third-order valence-electron chi connectivity index (χ3n) is 2.92. The van der Waals surface area contributed by atoms with Crippen molar-refractivity contribution in [2.24, 2.45) is 5.41 Å². The molecule has 106 valence electrons. The monoisotopic (exact) mass is 311 g/mol. The van der Waals surface area contributed by atoms with E-state index in [4.69, 9.17) is 23.2 Å². The lowest BCUT2D eigenvalue weighted by Crippen LogP contribution is -2.32. The topological polar surface area (TPSA) is 46.9 Å². The van der Waals surface area contributed by atoms with Crippen molar-refractivity contribution < 1.29 is 4.79 Å². The molecule has 0 saturated heterocycles. The standard InChI is InChI=1S/C14H15Cl2N3O/c1-14(2,9-15)13(20)18-11-6-3-5-10(16)12(11)19-8-4-7-17-19/h3-8H,9H2,1-2H3,(H,18,20). The fourth-order valence-electron chi connectivity index (χ4n) is 1.60. The molecule has 0 radical (unpaired) electrons. The number of amides is 1. The molecule has 0 spiro atoms. The molecule has 1 heterocycles. The van der Waals surface area contributed by atoms with Crippen molar-refractivity contribution in [3.8, 4) is 5.69 Å². The maximum Gasteiger partial charge on any atom is 0.231 e. The van der Waals surface area contributed by atoms with Crippen molar-refractivity contribution >= 4 is 34.8 Å². The van der Waals surface area contributed by atoms with Crippen LogP contribution in [0.4, 0.5) is 5.69 Å². The number of hydrogen-bond acceptors (Lipinski definition) is 2. The molecule has 1 aromatic heterocycles. The van der Waals surface area contributed by atoms with E-state index in [2.05, 4.69) is 10.4 Å². The Balaban J connectivity index is 2.39. The molecular formula is C14H15Cl2N3O. The van der Waals surface area contributed by atoms with Crippen molar-refractivity contribution in [1.29, 1.82) is 0 Å². The molecule has 0 saturated carbocycles. The van der Waals surface area contributed by atoms with Gasteiger partial charge in [0.05, 0.1) is 16.1 Å². The Morgan fingerprint density at radius 3 is 2.75 bits per heavy atom. The van der Waals surface area contributed by atoms with Gasteiger partial charge < -0.3 is 5.32 Å². The normalized spacial score (nSPS) is 11.4. The molecule has 0 atom stereocenters. The molecule has 2 rings (SSSR count). The number of alkyl halides is 1. The Hall–Kier alpha value is -1.52. The zero-order valence-corrected chi connectivity index (χ0v) is 12.7. The molecular weight excluding hydrogens is 297 g/mol. The highest BCUT2D eigenvalue weighted by molar-refractivity contribution is 6.33. The van der Waals surface area contributed by atoms with E-state index in [9.17, 15) is 4.79 Å². The van der Waals surface area contributed by atoms with Crippen LogP contribution in [0.3, 0.4) is 0 Å². The van der Waals surface area contributed by atoms with Crippen LogP contribution in [0.1, 0.15) is 13.8 Å². The molecule has 0 aliphatic heterocycles. The number of carbonyl (C=O) groups excluding carboxylic acids is 1. The van der Waals surface area contributed by atoms with E-state index in [0.717, 1.165) is 0 Å². The summed E-state index contributed by atoms with van der Waals surface area (Å²) in [5.41, 5.74) is 0.577. The number of benzene rings is 1. The minimum Gasteiger partial charge on any atom is -0.324 e. The quantitative estimate of drug-likeness (QED) is 0.875. The fraction of sp³-hybridized carbons (Fsp3) is 0.286. The van der Waals surface area contributed by atoms with E-state index in [-0.39, 0.29) is 11.8 Å². The Labute approximate surface area is 127 Å². The Morgan fingerprint density at radius 2 is 2.15 bits per heavy atom. The summed E-state index contributed by atoms with van der Waals surface area (Å²) in [6.07, 6.45) is 3.42. The lowest BCUT2D eigenvalue weighted by atomic mass is 9.95. The van der Waals surface area contributed by atoms with Crippen molar-refractivity contribution in [2.45, 2.75) is 13.8 Å². The van der Waals surface area contributed by atoms with Crippen LogP contribution in [0.25, 0.3) is 5.69 Å². The van der Waals surface area contributed by atoms with Crippen molar-refractivity contribution in [2.75, 3.05) is 11.2 Å². The summed E-state index contributed by atoms with van der Waals surface area (Å²) >= 11 is 12.0.